The molecule has 154 valence electrons. The molecule has 9 heteroatoms. The van der Waals surface area contributed by atoms with E-state index in [1.165, 1.54) is 36.5 Å². The van der Waals surface area contributed by atoms with Gasteiger partial charge in [0.15, 0.2) is 5.75 Å². The standard InChI is InChI=1S/C21H15Cl2FN2O4/c1-11(12-2-4-13(5-3-12)21(28)29)26-19(27)16-8-14(22)10-25-20(16)30-18-9-15(24)6-7-17(18)23/h2-11H,1H3,(H,26,27)(H,28,29)/t11-/m0/s1. The molecule has 0 radical (unpaired) electrons. The molecule has 1 heterocycles. The van der Waals surface area contributed by atoms with Crippen molar-refractivity contribution in [2.24, 2.45) is 0 Å². The van der Waals surface area contributed by atoms with Gasteiger partial charge in [0.25, 0.3) is 5.91 Å². The fourth-order valence-corrected chi connectivity index (χ4v) is 2.92. The lowest BCUT2D eigenvalue weighted by atomic mass is 10.1. The van der Waals surface area contributed by atoms with Crippen LogP contribution in [-0.2, 0) is 0 Å². The number of aromatic nitrogens is 1. The van der Waals surface area contributed by atoms with Crippen molar-refractivity contribution >= 4 is 35.1 Å². The average molecular weight is 449 g/mol. The van der Waals surface area contributed by atoms with Crippen LogP contribution >= 0.6 is 23.2 Å². The third kappa shape index (κ3) is 5.06. The molecule has 3 rings (SSSR count). The molecule has 1 aromatic heterocycles. The van der Waals surface area contributed by atoms with Crippen molar-refractivity contribution < 1.29 is 23.8 Å². The van der Waals surface area contributed by atoms with Crippen LogP contribution in [0.3, 0.4) is 0 Å². The lowest BCUT2D eigenvalue weighted by Gasteiger charge is -2.16. The van der Waals surface area contributed by atoms with Crippen LogP contribution in [-0.4, -0.2) is 22.0 Å². The summed E-state index contributed by atoms with van der Waals surface area (Å²) in [6, 6.07) is 10.6. The first-order valence-electron chi connectivity index (χ1n) is 8.67. The summed E-state index contributed by atoms with van der Waals surface area (Å²) in [5.74, 6) is -2.24. The number of amides is 1. The number of carbonyl (C=O) groups is 2. The third-order valence-electron chi connectivity index (χ3n) is 4.17. The molecule has 2 N–H and O–H groups in total. The molecule has 1 atom stereocenters. The lowest BCUT2D eigenvalue weighted by molar-refractivity contribution is 0.0696. The van der Waals surface area contributed by atoms with Crippen LogP contribution in [0.5, 0.6) is 11.6 Å². The Hall–Kier alpha value is -3.16. The fourth-order valence-electron chi connectivity index (χ4n) is 2.60. The summed E-state index contributed by atoms with van der Waals surface area (Å²) in [6.45, 7) is 1.73. The van der Waals surface area contributed by atoms with E-state index in [4.69, 9.17) is 33.0 Å². The van der Waals surface area contributed by atoms with Crippen LogP contribution in [0.25, 0.3) is 0 Å². The Morgan fingerprint density at radius 2 is 1.83 bits per heavy atom. The first kappa shape index (κ1) is 21.5. The number of carboxylic acids is 1. The summed E-state index contributed by atoms with van der Waals surface area (Å²) in [5.41, 5.74) is 0.856. The minimum atomic E-state index is -1.04. The number of halogens is 3. The molecule has 0 spiro atoms. The molecule has 3 aromatic rings. The van der Waals surface area contributed by atoms with Crippen LogP contribution in [0, 0.1) is 5.82 Å². The van der Waals surface area contributed by atoms with E-state index in [2.05, 4.69) is 10.3 Å². The van der Waals surface area contributed by atoms with Crippen molar-refractivity contribution in [3.8, 4) is 11.6 Å². The molecule has 0 bridgehead atoms. The molecule has 0 fully saturated rings. The first-order chi connectivity index (χ1) is 14.2. The number of carboxylic acid groups (broad SMARTS) is 1. The SMILES string of the molecule is C[C@H](NC(=O)c1cc(Cl)cnc1Oc1cc(F)ccc1Cl)c1ccc(C(=O)O)cc1. The second-order valence-electron chi connectivity index (χ2n) is 6.31. The highest BCUT2D eigenvalue weighted by molar-refractivity contribution is 6.32. The zero-order valence-electron chi connectivity index (χ0n) is 15.5. The van der Waals surface area contributed by atoms with Gasteiger partial charge in [-0.15, -0.1) is 0 Å². The number of hydrogen-bond acceptors (Lipinski definition) is 4. The van der Waals surface area contributed by atoms with Gasteiger partial charge in [-0.2, -0.15) is 0 Å². The summed E-state index contributed by atoms with van der Waals surface area (Å²) < 4.78 is 19.1. The molecule has 1 amide bonds. The maximum Gasteiger partial charge on any atom is 0.335 e. The van der Waals surface area contributed by atoms with E-state index in [9.17, 15) is 14.0 Å². The quantitative estimate of drug-likeness (QED) is 0.518. The number of nitrogens with one attached hydrogen (secondary N) is 1. The number of pyridine rings is 1. The number of aromatic carboxylic acids is 1. The van der Waals surface area contributed by atoms with E-state index in [1.807, 2.05) is 0 Å². The van der Waals surface area contributed by atoms with Gasteiger partial charge in [0, 0.05) is 12.3 Å². The molecule has 0 aliphatic rings. The molecule has 6 nitrogen and oxygen atoms in total. The van der Waals surface area contributed by atoms with Crippen LogP contribution in [0.2, 0.25) is 10.0 Å². The van der Waals surface area contributed by atoms with Gasteiger partial charge in [0.2, 0.25) is 5.88 Å². The molecule has 2 aromatic carbocycles. The van der Waals surface area contributed by atoms with E-state index < -0.39 is 23.7 Å². The molecule has 30 heavy (non-hydrogen) atoms. The number of hydrogen-bond donors (Lipinski definition) is 2. The zero-order chi connectivity index (χ0) is 21.8. The summed E-state index contributed by atoms with van der Waals surface area (Å²) in [7, 11) is 0. The van der Waals surface area contributed by atoms with Crippen molar-refractivity contribution in [3.63, 3.8) is 0 Å². The first-order valence-corrected chi connectivity index (χ1v) is 9.42. The van der Waals surface area contributed by atoms with Crippen molar-refractivity contribution in [2.75, 3.05) is 0 Å². The Balaban J connectivity index is 1.83. The van der Waals surface area contributed by atoms with Gasteiger partial charge in [-0.3, -0.25) is 4.79 Å². The number of benzene rings is 2. The Labute approximate surface area is 181 Å². The second-order valence-corrected chi connectivity index (χ2v) is 7.15. The van der Waals surface area contributed by atoms with E-state index in [0.29, 0.717) is 5.56 Å². The minimum Gasteiger partial charge on any atom is -0.478 e. The summed E-state index contributed by atoms with van der Waals surface area (Å²) in [4.78, 5) is 27.8. The molecule has 0 aliphatic heterocycles. The van der Waals surface area contributed by atoms with Crippen molar-refractivity contribution in [1.29, 1.82) is 0 Å². The van der Waals surface area contributed by atoms with Gasteiger partial charge in [0.05, 0.1) is 21.7 Å². The largest absolute Gasteiger partial charge is 0.478 e. The Kier molecular flexibility index (Phi) is 6.54. The van der Waals surface area contributed by atoms with Crippen LogP contribution in [0.15, 0.2) is 54.7 Å². The van der Waals surface area contributed by atoms with Crippen molar-refractivity contribution in [1.82, 2.24) is 10.3 Å². The summed E-state index contributed by atoms with van der Waals surface area (Å²) >= 11 is 12.0. The van der Waals surface area contributed by atoms with E-state index >= 15 is 0 Å². The molecule has 0 aliphatic carbocycles. The smallest absolute Gasteiger partial charge is 0.335 e. The monoisotopic (exact) mass is 448 g/mol. The van der Waals surface area contributed by atoms with Gasteiger partial charge >= 0.3 is 5.97 Å². The van der Waals surface area contributed by atoms with Gasteiger partial charge in [-0.1, -0.05) is 35.3 Å². The van der Waals surface area contributed by atoms with Gasteiger partial charge in [-0.25, -0.2) is 14.2 Å². The number of carbonyl (C=O) groups excluding carboxylic acids is 1. The van der Waals surface area contributed by atoms with E-state index in [1.54, 1.807) is 19.1 Å². The molecular formula is C21H15Cl2FN2O4. The summed E-state index contributed by atoms with van der Waals surface area (Å²) in [6.07, 6.45) is 1.29. The van der Waals surface area contributed by atoms with Gasteiger partial charge in [0.1, 0.15) is 11.4 Å². The highest BCUT2D eigenvalue weighted by Crippen LogP contribution is 2.31. The molecular weight excluding hydrogens is 434 g/mol. The Bertz CT molecular complexity index is 1110. The Morgan fingerprint density at radius 3 is 2.50 bits per heavy atom. The minimum absolute atomic E-state index is 0.00199. The maximum absolute atomic E-state index is 13.5. The maximum atomic E-state index is 13.5. The van der Waals surface area contributed by atoms with E-state index in [0.717, 1.165) is 6.07 Å². The van der Waals surface area contributed by atoms with Crippen molar-refractivity contribution in [2.45, 2.75) is 13.0 Å². The molecule has 0 saturated heterocycles. The number of rotatable bonds is 6. The molecule has 0 unspecified atom stereocenters. The fraction of sp³-hybridized carbons (Fsp3) is 0.0952. The average Bonchev–Trinajstić information content (AvgIpc) is 2.71. The molecule has 0 saturated carbocycles. The predicted molar refractivity (Wildman–Crippen MR) is 110 cm³/mol. The third-order valence-corrected chi connectivity index (χ3v) is 4.69. The van der Waals surface area contributed by atoms with Crippen LogP contribution < -0.4 is 10.1 Å². The number of nitrogens with zero attached hydrogens (tertiary/aromatic N) is 1. The normalized spacial score (nSPS) is 11.6. The summed E-state index contributed by atoms with van der Waals surface area (Å²) in [5, 5.41) is 12.1. The van der Waals surface area contributed by atoms with Crippen molar-refractivity contribution in [3.05, 3.63) is 87.3 Å². The van der Waals surface area contributed by atoms with Crippen LogP contribution in [0.4, 0.5) is 4.39 Å². The highest BCUT2D eigenvalue weighted by Gasteiger charge is 2.19. The van der Waals surface area contributed by atoms with Gasteiger partial charge < -0.3 is 15.2 Å². The van der Waals surface area contributed by atoms with Crippen LogP contribution in [0.1, 0.15) is 39.2 Å². The van der Waals surface area contributed by atoms with Gasteiger partial charge in [-0.05, 0) is 42.8 Å². The zero-order valence-corrected chi connectivity index (χ0v) is 17.0. The highest BCUT2D eigenvalue weighted by atomic mass is 35.5. The second kappa shape index (κ2) is 9.11. The Morgan fingerprint density at radius 1 is 1.13 bits per heavy atom. The topological polar surface area (TPSA) is 88.5 Å². The van der Waals surface area contributed by atoms with E-state index in [-0.39, 0.29) is 32.8 Å². The predicted octanol–water partition coefficient (Wildman–Crippen LogP) is 5.51. The number of ether oxygens (including phenoxy) is 1. The lowest BCUT2D eigenvalue weighted by Crippen LogP contribution is -2.27.